The Kier molecular flexibility index (Phi) is 5.13. The first-order valence-corrected chi connectivity index (χ1v) is 11.1. The SMILES string of the molecule is CC1(NC(=O)OC2COC(c3cc(NC(=O)N4CCn5ncc(Br)c5C4)n[nH]3)C2)CC1. The van der Waals surface area contributed by atoms with E-state index < -0.39 is 6.09 Å². The lowest BCUT2D eigenvalue weighted by Gasteiger charge is -2.27. The number of H-pyrrole nitrogens is 1. The van der Waals surface area contributed by atoms with E-state index in [0.717, 1.165) is 28.7 Å². The Hall–Kier alpha value is -2.60. The first-order chi connectivity index (χ1) is 14.9. The van der Waals surface area contributed by atoms with Crippen molar-refractivity contribution >= 4 is 33.9 Å². The maximum Gasteiger partial charge on any atom is 0.407 e. The number of halogens is 1. The first-order valence-electron chi connectivity index (χ1n) is 10.3. The van der Waals surface area contributed by atoms with Gasteiger partial charge in [-0.05, 0) is 35.7 Å². The second-order valence-corrected chi connectivity index (χ2v) is 9.35. The molecule has 3 aliphatic rings. The number of urea groups is 1. The summed E-state index contributed by atoms with van der Waals surface area (Å²) < 4.78 is 14.0. The molecule has 0 spiro atoms. The highest BCUT2D eigenvalue weighted by molar-refractivity contribution is 9.10. The number of amides is 3. The number of nitrogens with one attached hydrogen (secondary N) is 3. The lowest BCUT2D eigenvalue weighted by molar-refractivity contribution is 0.0675. The van der Waals surface area contributed by atoms with Crippen LogP contribution in [0.15, 0.2) is 16.7 Å². The third-order valence-electron chi connectivity index (χ3n) is 5.92. The molecule has 2 atom stereocenters. The monoisotopic (exact) mass is 493 g/mol. The van der Waals surface area contributed by atoms with Gasteiger partial charge in [-0.15, -0.1) is 0 Å². The fraction of sp³-hybridized carbons (Fsp3) is 0.579. The van der Waals surface area contributed by atoms with E-state index >= 15 is 0 Å². The Morgan fingerprint density at radius 2 is 2.23 bits per heavy atom. The van der Waals surface area contributed by atoms with Gasteiger partial charge in [0.15, 0.2) is 5.82 Å². The van der Waals surface area contributed by atoms with Gasteiger partial charge in [0.1, 0.15) is 12.2 Å². The lowest BCUT2D eigenvalue weighted by Crippen LogP contribution is -2.41. The number of fused-ring (bicyclic) bond motifs is 1. The summed E-state index contributed by atoms with van der Waals surface area (Å²) in [5.41, 5.74) is 1.58. The van der Waals surface area contributed by atoms with Gasteiger partial charge >= 0.3 is 12.1 Å². The maximum absolute atomic E-state index is 12.7. The number of nitrogens with zero attached hydrogens (tertiary/aromatic N) is 4. The molecular formula is C19H24BrN7O4. The Bertz CT molecular complexity index is 1000. The second-order valence-electron chi connectivity index (χ2n) is 8.49. The molecule has 2 fully saturated rings. The normalized spacial score (nSPS) is 23.9. The summed E-state index contributed by atoms with van der Waals surface area (Å²) in [7, 11) is 0. The van der Waals surface area contributed by atoms with E-state index in [1.165, 1.54) is 0 Å². The Balaban J connectivity index is 1.13. The van der Waals surface area contributed by atoms with Gasteiger partial charge in [0.05, 0.1) is 41.8 Å². The van der Waals surface area contributed by atoms with Crippen LogP contribution in [0.4, 0.5) is 15.4 Å². The number of anilines is 1. The largest absolute Gasteiger partial charge is 0.444 e. The summed E-state index contributed by atoms with van der Waals surface area (Å²) in [6.45, 7) is 4.00. The van der Waals surface area contributed by atoms with E-state index in [1.54, 1.807) is 17.2 Å². The molecule has 12 heteroatoms. The number of carbonyl (C=O) groups excluding carboxylic acids is 2. The number of hydrogen-bond acceptors (Lipinski definition) is 6. The molecule has 166 valence electrons. The number of rotatable bonds is 4. The van der Waals surface area contributed by atoms with Crippen LogP contribution in [0.3, 0.4) is 0 Å². The molecule has 4 heterocycles. The van der Waals surface area contributed by atoms with Crippen molar-refractivity contribution in [2.45, 2.75) is 57.0 Å². The standard InChI is InChI=1S/C19H24BrN7O4/c1-19(2-3-19)23-18(29)31-11-6-15(30-10-11)13-7-16(25-24-13)22-17(28)26-4-5-27-14(9-26)12(20)8-21-27/h7-8,11,15H,2-6,9-10H2,1H3,(H,23,29)(H2,22,24,25,28). The van der Waals surface area contributed by atoms with E-state index in [0.29, 0.717) is 38.5 Å². The van der Waals surface area contributed by atoms with E-state index in [2.05, 4.69) is 41.9 Å². The van der Waals surface area contributed by atoms with Crippen LogP contribution < -0.4 is 10.6 Å². The van der Waals surface area contributed by atoms with Gasteiger partial charge in [0.25, 0.3) is 0 Å². The van der Waals surface area contributed by atoms with Crippen molar-refractivity contribution in [3.05, 3.63) is 28.1 Å². The molecule has 2 aromatic heterocycles. The highest BCUT2D eigenvalue weighted by Gasteiger charge is 2.40. The predicted molar refractivity (Wildman–Crippen MR) is 112 cm³/mol. The molecule has 2 unspecified atom stereocenters. The first kappa shape index (κ1) is 20.3. The molecule has 1 aliphatic carbocycles. The number of alkyl carbamates (subject to hydrolysis) is 1. The average Bonchev–Trinajstić information content (AvgIpc) is 3.13. The number of aromatic amines is 1. The van der Waals surface area contributed by atoms with Gasteiger partial charge in [-0.1, -0.05) is 0 Å². The van der Waals surface area contributed by atoms with Crippen molar-refractivity contribution in [1.29, 1.82) is 0 Å². The number of carbonyl (C=O) groups is 2. The minimum absolute atomic E-state index is 0.115. The Labute approximate surface area is 186 Å². The zero-order chi connectivity index (χ0) is 21.6. The van der Waals surface area contributed by atoms with Crippen molar-refractivity contribution in [2.24, 2.45) is 0 Å². The van der Waals surface area contributed by atoms with Crippen LogP contribution in [0.1, 0.15) is 43.7 Å². The average molecular weight is 494 g/mol. The van der Waals surface area contributed by atoms with Crippen LogP contribution in [0, 0.1) is 0 Å². The zero-order valence-corrected chi connectivity index (χ0v) is 18.6. The van der Waals surface area contributed by atoms with Gasteiger partial charge in [-0.2, -0.15) is 10.2 Å². The fourth-order valence-corrected chi connectivity index (χ4v) is 4.20. The number of aromatic nitrogens is 4. The van der Waals surface area contributed by atoms with Crippen LogP contribution in [0.25, 0.3) is 0 Å². The van der Waals surface area contributed by atoms with Gasteiger partial charge in [0.2, 0.25) is 0 Å². The summed E-state index contributed by atoms with van der Waals surface area (Å²) in [5.74, 6) is 0.422. The van der Waals surface area contributed by atoms with E-state index in [-0.39, 0.29) is 23.8 Å². The zero-order valence-electron chi connectivity index (χ0n) is 17.1. The van der Waals surface area contributed by atoms with E-state index in [9.17, 15) is 9.59 Å². The Morgan fingerprint density at radius 3 is 3.03 bits per heavy atom. The smallest absolute Gasteiger partial charge is 0.407 e. The van der Waals surface area contributed by atoms with Gasteiger partial charge < -0.3 is 19.7 Å². The van der Waals surface area contributed by atoms with Crippen LogP contribution in [-0.2, 0) is 22.6 Å². The highest BCUT2D eigenvalue weighted by Crippen LogP contribution is 2.35. The van der Waals surface area contributed by atoms with Crippen LogP contribution in [-0.4, -0.2) is 61.8 Å². The number of hydrogen-bond donors (Lipinski definition) is 3. The second kappa shape index (κ2) is 7.83. The summed E-state index contributed by atoms with van der Waals surface area (Å²) in [6, 6.07) is 1.52. The Morgan fingerprint density at radius 1 is 1.39 bits per heavy atom. The molecule has 3 amide bonds. The molecular weight excluding hydrogens is 470 g/mol. The predicted octanol–water partition coefficient (Wildman–Crippen LogP) is 2.53. The summed E-state index contributed by atoms with van der Waals surface area (Å²) >= 11 is 3.47. The number of ether oxygens (including phenoxy) is 2. The topological polar surface area (TPSA) is 126 Å². The lowest BCUT2D eigenvalue weighted by atomic mass is 10.1. The molecule has 5 rings (SSSR count). The molecule has 1 saturated heterocycles. The minimum atomic E-state index is -0.402. The van der Waals surface area contributed by atoms with E-state index in [1.807, 2.05) is 11.6 Å². The molecule has 2 aromatic rings. The van der Waals surface area contributed by atoms with Crippen molar-refractivity contribution in [3.63, 3.8) is 0 Å². The summed E-state index contributed by atoms with van der Waals surface area (Å²) in [5, 5.41) is 17.1. The maximum atomic E-state index is 12.7. The van der Waals surface area contributed by atoms with Crippen molar-refractivity contribution in [1.82, 2.24) is 30.2 Å². The fourth-order valence-electron chi connectivity index (χ4n) is 3.78. The molecule has 0 aromatic carbocycles. The quantitative estimate of drug-likeness (QED) is 0.600. The van der Waals surface area contributed by atoms with Crippen molar-refractivity contribution < 1.29 is 19.1 Å². The molecule has 2 aliphatic heterocycles. The van der Waals surface area contributed by atoms with Gasteiger partial charge in [-0.25, -0.2) is 9.59 Å². The van der Waals surface area contributed by atoms with Crippen molar-refractivity contribution in [2.75, 3.05) is 18.5 Å². The van der Waals surface area contributed by atoms with Crippen molar-refractivity contribution in [3.8, 4) is 0 Å². The third kappa shape index (κ3) is 4.40. The van der Waals surface area contributed by atoms with Crippen LogP contribution >= 0.6 is 15.9 Å². The molecule has 3 N–H and O–H groups in total. The molecule has 1 saturated carbocycles. The molecule has 0 radical (unpaired) electrons. The van der Waals surface area contributed by atoms with Crippen LogP contribution in [0.2, 0.25) is 0 Å². The third-order valence-corrected chi connectivity index (χ3v) is 6.59. The van der Waals surface area contributed by atoms with E-state index in [4.69, 9.17) is 9.47 Å². The summed E-state index contributed by atoms with van der Waals surface area (Å²) in [6.07, 6.45) is 3.24. The molecule has 11 nitrogen and oxygen atoms in total. The van der Waals surface area contributed by atoms with Gasteiger partial charge in [-0.3, -0.25) is 15.1 Å². The summed E-state index contributed by atoms with van der Waals surface area (Å²) in [4.78, 5) is 26.4. The molecule has 0 bridgehead atoms. The van der Waals surface area contributed by atoms with Gasteiger partial charge in [0, 0.05) is 24.6 Å². The molecule has 31 heavy (non-hydrogen) atoms. The minimum Gasteiger partial charge on any atom is -0.444 e. The van der Waals surface area contributed by atoms with Crippen LogP contribution in [0.5, 0.6) is 0 Å². The highest BCUT2D eigenvalue weighted by atomic mass is 79.9.